The number of hydrogen-bond acceptors (Lipinski definition) is 8. The lowest BCUT2D eigenvalue weighted by Gasteiger charge is -2.12. The van der Waals surface area contributed by atoms with Crippen LogP contribution in [0.3, 0.4) is 0 Å². The smallest absolute Gasteiger partial charge is 0.339 e. The second-order valence-corrected chi connectivity index (χ2v) is 9.33. The molecule has 1 heterocycles. The molecule has 0 unspecified atom stereocenters. The molecule has 0 saturated heterocycles. The summed E-state index contributed by atoms with van der Waals surface area (Å²) in [6.07, 6.45) is 0.534. The summed E-state index contributed by atoms with van der Waals surface area (Å²) in [7, 11) is 2.48. The van der Waals surface area contributed by atoms with Crippen LogP contribution in [0.1, 0.15) is 32.1 Å². The fraction of sp³-hybridized carbons (Fsp3) is 0.148. The number of anilines is 1. The number of carbonyl (C=O) groups excluding carboxylic acids is 3. The van der Waals surface area contributed by atoms with E-state index in [0.29, 0.717) is 22.4 Å². The Morgan fingerprint density at radius 3 is 2.32 bits per heavy atom. The molecule has 0 bridgehead atoms. The van der Waals surface area contributed by atoms with Crippen LogP contribution in [0.5, 0.6) is 0 Å². The maximum atomic E-state index is 12.9. The molecule has 0 spiro atoms. The molecule has 0 aliphatic heterocycles. The highest BCUT2D eigenvalue weighted by atomic mass is 35.5. The number of ether oxygens (including phenoxy) is 2. The number of carbonyl (C=O) groups is 3. The first-order chi connectivity index (χ1) is 18.4. The number of methoxy groups -OCH3 is 2. The minimum absolute atomic E-state index is 0.0415. The summed E-state index contributed by atoms with van der Waals surface area (Å²) in [6, 6.07) is 21.3. The summed E-state index contributed by atoms with van der Waals surface area (Å²) in [5, 5.41) is 12.5. The van der Waals surface area contributed by atoms with Gasteiger partial charge in [0.05, 0.1) is 36.8 Å². The van der Waals surface area contributed by atoms with Gasteiger partial charge in [-0.3, -0.25) is 9.36 Å². The minimum atomic E-state index is -0.655. The zero-order valence-corrected chi connectivity index (χ0v) is 22.1. The molecule has 1 amide bonds. The topological polar surface area (TPSA) is 112 Å². The van der Waals surface area contributed by atoms with E-state index in [1.165, 1.54) is 44.2 Å². The fourth-order valence-corrected chi connectivity index (χ4v) is 4.53. The average Bonchev–Trinajstić information content (AvgIpc) is 3.34. The normalized spacial score (nSPS) is 10.6. The van der Waals surface area contributed by atoms with E-state index in [1.54, 1.807) is 12.1 Å². The van der Waals surface area contributed by atoms with Crippen LogP contribution in [0.4, 0.5) is 5.69 Å². The van der Waals surface area contributed by atoms with Gasteiger partial charge in [0, 0.05) is 17.1 Å². The zero-order valence-electron chi connectivity index (χ0n) is 20.5. The van der Waals surface area contributed by atoms with Crippen LogP contribution >= 0.6 is 23.4 Å². The van der Waals surface area contributed by atoms with Gasteiger partial charge in [-0.25, -0.2) is 9.59 Å². The molecule has 0 aliphatic carbocycles. The van der Waals surface area contributed by atoms with Gasteiger partial charge < -0.3 is 14.8 Å². The van der Waals surface area contributed by atoms with Gasteiger partial charge in [0.1, 0.15) is 5.82 Å². The second kappa shape index (κ2) is 12.4. The van der Waals surface area contributed by atoms with Gasteiger partial charge in [-0.05, 0) is 48.0 Å². The van der Waals surface area contributed by atoms with E-state index in [4.69, 9.17) is 21.1 Å². The molecule has 0 radical (unpaired) electrons. The first kappa shape index (κ1) is 26.9. The predicted molar refractivity (Wildman–Crippen MR) is 144 cm³/mol. The molecule has 0 atom stereocenters. The third kappa shape index (κ3) is 6.39. The quantitative estimate of drug-likeness (QED) is 0.233. The third-order valence-electron chi connectivity index (χ3n) is 5.44. The molecule has 194 valence electrons. The SMILES string of the molecule is COC(=O)c1ccc(C(=O)OC)c(NC(=O)CSc2nnc(Cc3ccccc3)n2-c2ccc(Cl)cc2)c1. The second-order valence-electron chi connectivity index (χ2n) is 7.95. The number of amides is 1. The van der Waals surface area contributed by atoms with E-state index >= 15 is 0 Å². The molecule has 0 fully saturated rings. The molecule has 9 nitrogen and oxygen atoms in total. The van der Waals surface area contributed by atoms with E-state index in [1.807, 2.05) is 47.0 Å². The van der Waals surface area contributed by atoms with E-state index in [9.17, 15) is 14.4 Å². The minimum Gasteiger partial charge on any atom is -0.465 e. The summed E-state index contributed by atoms with van der Waals surface area (Å²) in [5.41, 5.74) is 2.27. The van der Waals surface area contributed by atoms with Crippen LogP contribution in [0.15, 0.2) is 78.0 Å². The van der Waals surface area contributed by atoms with Gasteiger partial charge in [0.15, 0.2) is 5.16 Å². The van der Waals surface area contributed by atoms with Gasteiger partial charge in [0.2, 0.25) is 5.91 Å². The molecule has 4 rings (SSSR count). The Morgan fingerprint density at radius 1 is 0.921 bits per heavy atom. The van der Waals surface area contributed by atoms with Crippen molar-refractivity contribution in [2.24, 2.45) is 0 Å². The van der Waals surface area contributed by atoms with Crippen molar-refractivity contribution >= 4 is 46.9 Å². The number of nitrogens with one attached hydrogen (secondary N) is 1. The third-order valence-corrected chi connectivity index (χ3v) is 6.62. The van der Waals surface area contributed by atoms with Gasteiger partial charge in [-0.1, -0.05) is 53.7 Å². The van der Waals surface area contributed by atoms with E-state index in [2.05, 4.69) is 15.5 Å². The molecule has 0 aliphatic rings. The van der Waals surface area contributed by atoms with Crippen molar-refractivity contribution in [1.29, 1.82) is 0 Å². The molecular formula is C27H23ClN4O5S. The lowest BCUT2D eigenvalue weighted by atomic mass is 10.1. The van der Waals surface area contributed by atoms with E-state index < -0.39 is 17.8 Å². The van der Waals surface area contributed by atoms with Crippen molar-refractivity contribution in [2.45, 2.75) is 11.6 Å². The van der Waals surface area contributed by atoms with Crippen LogP contribution in [0.2, 0.25) is 5.02 Å². The number of rotatable bonds is 9. The van der Waals surface area contributed by atoms with Crippen LogP contribution in [0, 0.1) is 0 Å². The van der Waals surface area contributed by atoms with Crippen LogP contribution in [0.25, 0.3) is 5.69 Å². The van der Waals surface area contributed by atoms with Crippen molar-refractivity contribution in [3.05, 3.63) is 100 Å². The number of benzene rings is 3. The highest BCUT2D eigenvalue weighted by Gasteiger charge is 2.20. The summed E-state index contributed by atoms with van der Waals surface area (Å²) in [4.78, 5) is 37.1. The molecule has 0 saturated carbocycles. The summed E-state index contributed by atoms with van der Waals surface area (Å²) >= 11 is 7.26. The van der Waals surface area contributed by atoms with E-state index in [-0.39, 0.29) is 22.6 Å². The van der Waals surface area contributed by atoms with Crippen LogP contribution < -0.4 is 5.32 Å². The lowest BCUT2D eigenvalue weighted by Crippen LogP contribution is -2.18. The Balaban J connectivity index is 1.57. The number of halogens is 1. The average molecular weight is 551 g/mol. The van der Waals surface area contributed by atoms with Crippen molar-refractivity contribution in [2.75, 3.05) is 25.3 Å². The Hall–Kier alpha value is -4.15. The fourth-order valence-electron chi connectivity index (χ4n) is 3.63. The Kier molecular flexibility index (Phi) is 8.77. The molecular weight excluding hydrogens is 528 g/mol. The number of esters is 2. The number of aromatic nitrogens is 3. The van der Waals surface area contributed by atoms with E-state index in [0.717, 1.165) is 11.3 Å². The Labute approximate surface area is 228 Å². The van der Waals surface area contributed by atoms with Crippen molar-refractivity contribution < 1.29 is 23.9 Å². The number of hydrogen-bond donors (Lipinski definition) is 1. The van der Waals surface area contributed by atoms with Crippen molar-refractivity contribution in [1.82, 2.24) is 14.8 Å². The first-order valence-electron chi connectivity index (χ1n) is 11.4. The summed E-state index contributed by atoms with van der Waals surface area (Å²) in [5.74, 6) is -1.02. The monoisotopic (exact) mass is 550 g/mol. The molecule has 1 N–H and O–H groups in total. The maximum Gasteiger partial charge on any atom is 0.339 e. The molecule has 38 heavy (non-hydrogen) atoms. The molecule has 1 aromatic heterocycles. The number of nitrogens with zero attached hydrogens (tertiary/aromatic N) is 3. The highest BCUT2D eigenvalue weighted by Crippen LogP contribution is 2.26. The lowest BCUT2D eigenvalue weighted by molar-refractivity contribution is -0.113. The Morgan fingerprint density at radius 2 is 1.63 bits per heavy atom. The van der Waals surface area contributed by atoms with Gasteiger partial charge in [0.25, 0.3) is 0 Å². The summed E-state index contributed by atoms with van der Waals surface area (Å²) in [6.45, 7) is 0. The largest absolute Gasteiger partial charge is 0.465 e. The standard InChI is InChI=1S/C27H23ClN4O5S/c1-36-25(34)18-8-13-21(26(35)37-2)22(15-18)29-24(33)16-38-27-31-30-23(14-17-6-4-3-5-7-17)32(27)20-11-9-19(28)10-12-20/h3-13,15H,14,16H2,1-2H3,(H,29,33). The number of thioether (sulfide) groups is 1. The van der Waals surface area contributed by atoms with Crippen LogP contribution in [-0.4, -0.2) is 52.6 Å². The molecule has 11 heteroatoms. The van der Waals surface area contributed by atoms with Gasteiger partial charge in [-0.15, -0.1) is 10.2 Å². The van der Waals surface area contributed by atoms with Gasteiger partial charge >= 0.3 is 11.9 Å². The summed E-state index contributed by atoms with van der Waals surface area (Å²) < 4.78 is 11.4. The van der Waals surface area contributed by atoms with Gasteiger partial charge in [-0.2, -0.15) is 0 Å². The first-order valence-corrected chi connectivity index (χ1v) is 12.7. The van der Waals surface area contributed by atoms with Crippen LogP contribution in [-0.2, 0) is 20.7 Å². The van der Waals surface area contributed by atoms with Crippen molar-refractivity contribution in [3.63, 3.8) is 0 Å². The zero-order chi connectivity index (χ0) is 27.1. The Bertz CT molecular complexity index is 1460. The highest BCUT2D eigenvalue weighted by molar-refractivity contribution is 7.99. The molecule has 3 aromatic carbocycles. The molecule has 4 aromatic rings. The predicted octanol–water partition coefficient (Wildman–Crippen LogP) is 4.82. The maximum absolute atomic E-state index is 12.9. The van der Waals surface area contributed by atoms with Crippen molar-refractivity contribution in [3.8, 4) is 5.69 Å².